The van der Waals surface area contributed by atoms with Crippen LogP contribution in [0, 0.1) is 11.6 Å². The number of halogens is 3. The Bertz CT molecular complexity index is 676. The van der Waals surface area contributed by atoms with E-state index in [0.717, 1.165) is 29.6 Å². The Hall–Kier alpha value is -1.29. The minimum Gasteiger partial charge on any atom is -0.357 e. The fraction of sp³-hybridized carbons (Fsp3) is 0.375. The van der Waals surface area contributed by atoms with E-state index in [9.17, 15) is 8.78 Å². The van der Waals surface area contributed by atoms with Crippen molar-refractivity contribution in [2.45, 2.75) is 33.4 Å². The van der Waals surface area contributed by atoms with E-state index < -0.39 is 11.6 Å². The maximum Gasteiger partial charge on any atom is 0.191 e. The number of guanidine groups is 1. The van der Waals surface area contributed by atoms with Crippen LogP contribution in [-0.2, 0) is 19.5 Å². The Balaban J connectivity index is 0.00000288. The highest BCUT2D eigenvalue weighted by Gasteiger charge is 2.05. The summed E-state index contributed by atoms with van der Waals surface area (Å²) in [7, 11) is 0. The first kappa shape index (κ1) is 20.8. The van der Waals surface area contributed by atoms with Gasteiger partial charge in [-0.15, -0.1) is 35.3 Å². The number of hydrogen-bond donors (Lipinski definition) is 2. The summed E-state index contributed by atoms with van der Waals surface area (Å²) in [5.74, 6) is -0.382. The summed E-state index contributed by atoms with van der Waals surface area (Å²) in [6.45, 7) is 5.32. The fourth-order valence-corrected chi connectivity index (χ4v) is 2.73. The largest absolute Gasteiger partial charge is 0.357 e. The molecule has 132 valence electrons. The topological polar surface area (TPSA) is 49.3 Å². The van der Waals surface area contributed by atoms with Gasteiger partial charge in [0.25, 0.3) is 0 Å². The van der Waals surface area contributed by atoms with E-state index >= 15 is 0 Å². The molecular weight excluding hydrogens is 445 g/mol. The predicted molar refractivity (Wildman–Crippen MR) is 105 cm³/mol. The van der Waals surface area contributed by atoms with E-state index in [1.165, 1.54) is 4.88 Å². The van der Waals surface area contributed by atoms with Gasteiger partial charge in [-0.05, 0) is 31.5 Å². The quantitative estimate of drug-likeness (QED) is 0.386. The van der Waals surface area contributed by atoms with E-state index in [-0.39, 0.29) is 36.1 Å². The van der Waals surface area contributed by atoms with Gasteiger partial charge in [0.1, 0.15) is 16.6 Å². The van der Waals surface area contributed by atoms with Gasteiger partial charge in [0.05, 0.1) is 13.1 Å². The van der Waals surface area contributed by atoms with Crippen molar-refractivity contribution in [3.8, 4) is 0 Å². The molecule has 0 aliphatic rings. The highest BCUT2D eigenvalue weighted by atomic mass is 127. The lowest BCUT2D eigenvalue weighted by Crippen LogP contribution is -2.36. The van der Waals surface area contributed by atoms with Crippen molar-refractivity contribution < 1.29 is 8.78 Å². The number of aromatic nitrogens is 1. The van der Waals surface area contributed by atoms with Crippen LogP contribution >= 0.6 is 35.3 Å². The van der Waals surface area contributed by atoms with Gasteiger partial charge >= 0.3 is 0 Å². The van der Waals surface area contributed by atoms with Crippen LogP contribution < -0.4 is 10.6 Å². The normalized spacial score (nSPS) is 11.1. The molecule has 8 heteroatoms. The molecule has 2 N–H and O–H groups in total. The SMILES string of the molecule is CCNC(=NCc1cc(F)ccc1F)NCc1ncc(CC)s1.I. The fourth-order valence-electron chi connectivity index (χ4n) is 1.92. The molecule has 1 aromatic carbocycles. The second-order valence-corrected chi connectivity index (χ2v) is 6.06. The van der Waals surface area contributed by atoms with Crippen LogP contribution in [0.3, 0.4) is 0 Å². The second-order valence-electron chi connectivity index (χ2n) is 4.86. The molecule has 0 aliphatic heterocycles. The lowest BCUT2D eigenvalue weighted by Gasteiger charge is -2.10. The number of nitrogens with zero attached hydrogens (tertiary/aromatic N) is 2. The first-order valence-corrected chi connectivity index (χ1v) is 8.33. The molecular formula is C16H21F2IN4S. The van der Waals surface area contributed by atoms with Crippen molar-refractivity contribution in [3.63, 3.8) is 0 Å². The summed E-state index contributed by atoms with van der Waals surface area (Å²) in [5, 5.41) is 7.19. The van der Waals surface area contributed by atoms with Gasteiger partial charge < -0.3 is 10.6 Å². The Kier molecular flexibility index (Phi) is 9.12. The molecule has 0 saturated carbocycles. The van der Waals surface area contributed by atoms with Crippen LogP contribution in [0.5, 0.6) is 0 Å². The molecule has 2 aromatic rings. The summed E-state index contributed by atoms with van der Waals surface area (Å²) in [6, 6.07) is 3.37. The Morgan fingerprint density at radius 2 is 2.04 bits per heavy atom. The van der Waals surface area contributed by atoms with Gasteiger partial charge in [0, 0.05) is 23.2 Å². The monoisotopic (exact) mass is 466 g/mol. The zero-order valence-electron chi connectivity index (χ0n) is 13.6. The number of nitrogens with one attached hydrogen (secondary N) is 2. The summed E-state index contributed by atoms with van der Waals surface area (Å²) >= 11 is 1.65. The average Bonchev–Trinajstić information content (AvgIpc) is 3.01. The van der Waals surface area contributed by atoms with Crippen molar-refractivity contribution >= 4 is 41.3 Å². The van der Waals surface area contributed by atoms with Gasteiger partial charge in [-0.2, -0.15) is 0 Å². The summed E-state index contributed by atoms with van der Waals surface area (Å²) in [4.78, 5) is 9.85. The molecule has 0 radical (unpaired) electrons. The lowest BCUT2D eigenvalue weighted by molar-refractivity contribution is 0.585. The molecule has 4 nitrogen and oxygen atoms in total. The van der Waals surface area contributed by atoms with E-state index in [1.54, 1.807) is 11.3 Å². The average molecular weight is 466 g/mol. The summed E-state index contributed by atoms with van der Waals surface area (Å²) < 4.78 is 26.8. The molecule has 1 aromatic heterocycles. The number of hydrogen-bond acceptors (Lipinski definition) is 3. The zero-order valence-corrected chi connectivity index (χ0v) is 16.8. The number of aryl methyl sites for hydroxylation is 1. The summed E-state index contributed by atoms with van der Waals surface area (Å²) in [6.07, 6.45) is 2.83. The van der Waals surface area contributed by atoms with Gasteiger partial charge in [-0.3, -0.25) is 0 Å². The van der Waals surface area contributed by atoms with Crippen LogP contribution in [0.1, 0.15) is 29.3 Å². The minimum atomic E-state index is -0.468. The van der Waals surface area contributed by atoms with Gasteiger partial charge in [0.15, 0.2) is 5.96 Å². The molecule has 0 amide bonds. The molecule has 0 saturated heterocycles. The molecule has 1 heterocycles. The predicted octanol–water partition coefficient (Wildman–Crippen LogP) is 3.86. The first-order valence-electron chi connectivity index (χ1n) is 7.52. The number of aliphatic imine (C=N–C) groups is 1. The van der Waals surface area contributed by atoms with E-state index in [1.807, 2.05) is 13.1 Å². The van der Waals surface area contributed by atoms with Crippen LogP contribution in [-0.4, -0.2) is 17.5 Å². The molecule has 0 aliphatic carbocycles. The third-order valence-corrected chi connectivity index (χ3v) is 4.26. The van der Waals surface area contributed by atoms with E-state index in [0.29, 0.717) is 19.0 Å². The number of benzene rings is 1. The van der Waals surface area contributed by atoms with Gasteiger partial charge in [-0.25, -0.2) is 18.8 Å². The maximum atomic E-state index is 13.6. The van der Waals surface area contributed by atoms with Crippen molar-refractivity contribution in [3.05, 3.63) is 51.5 Å². The number of thiazole rings is 1. The summed E-state index contributed by atoms with van der Waals surface area (Å²) in [5.41, 5.74) is 0.227. The van der Waals surface area contributed by atoms with E-state index in [2.05, 4.69) is 27.5 Å². The van der Waals surface area contributed by atoms with Crippen molar-refractivity contribution in [2.24, 2.45) is 4.99 Å². The minimum absolute atomic E-state index is 0. The molecule has 0 unspecified atom stereocenters. The van der Waals surface area contributed by atoms with Crippen molar-refractivity contribution in [1.29, 1.82) is 0 Å². The molecule has 24 heavy (non-hydrogen) atoms. The molecule has 0 spiro atoms. The smallest absolute Gasteiger partial charge is 0.191 e. The van der Waals surface area contributed by atoms with Gasteiger partial charge in [0.2, 0.25) is 0 Å². The second kappa shape index (κ2) is 10.5. The number of rotatable bonds is 6. The van der Waals surface area contributed by atoms with E-state index in [4.69, 9.17) is 0 Å². The third kappa shape index (κ3) is 6.31. The van der Waals surface area contributed by atoms with Crippen LogP contribution in [0.15, 0.2) is 29.4 Å². The van der Waals surface area contributed by atoms with Crippen LogP contribution in [0.2, 0.25) is 0 Å². The standard InChI is InChI=1S/C16H20F2N4S.HI/c1-3-13-9-20-15(23-13)10-22-16(19-4-2)21-8-11-7-12(17)5-6-14(11)18;/h5-7,9H,3-4,8,10H2,1-2H3,(H2,19,21,22);1H. The van der Waals surface area contributed by atoms with Crippen LogP contribution in [0.25, 0.3) is 0 Å². The van der Waals surface area contributed by atoms with Gasteiger partial charge in [-0.1, -0.05) is 6.92 Å². The highest BCUT2D eigenvalue weighted by molar-refractivity contribution is 14.0. The lowest BCUT2D eigenvalue weighted by atomic mass is 10.2. The van der Waals surface area contributed by atoms with Crippen molar-refractivity contribution in [2.75, 3.05) is 6.54 Å². The zero-order chi connectivity index (χ0) is 16.7. The molecule has 0 bridgehead atoms. The Morgan fingerprint density at radius 3 is 2.71 bits per heavy atom. The first-order chi connectivity index (χ1) is 11.1. The molecule has 2 rings (SSSR count). The maximum absolute atomic E-state index is 13.6. The Labute approximate surface area is 161 Å². The molecule has 0 atom stereocenters. The van der Waals surface area contributed by atoms with Crippen LogP contribution in [0.4, 0.5) is 8.78 Å². The molecule has 0 fully saturated rings. The Morgan fingerprint density at radius 1 is 1.25 bits per heavy atom. The third-order valence-electron chi connectivity index (χ3n) is 3.12. The van der Waals surface area contributed by atoms with Crippen molar-refractivity contribution in [1.82, 2.24) is 15.6 Å². The highest BCUT2D eigenvalue weighted by Crippen LogP contribution is 2.13.